The molecule has 33 heavy (non-hydrogen) atoms. The van der Waals surface area contributed by atoms with Crippen LogP contribution in [-0.2, 0) is 23.1 Å². The summed E-state index contributed by atoms with van der Waals surface area (Å²) in [5.41, 5.74) is 0.624. The highest BCUT2D eigenvalue weighted by molar-refractivity contribution is 7.91. The van der Waals surface area contributed by atoms with Gasteiger partial charge in [0.2, 0.25) is 0 Å². The molecular weight excluding hydrogens is 457 g/mol. The van der Waals surface area contributed by atoms with Gasteiger partial charge in [-0.15, -0.1) is 0 Å². The molecule has 0 unspecified atom stereocenters. The summed E-state index contributed by atoms with van der Waals surface area (Å²) >= 11 is 0. The molecule has 0 amide bonds. The number of alkyl halides is 3. The zero-order chi connectivity index (χ0) is 24.0. The van der Waals surface area contributed by atoms with Crippen molar-refractivity contribution in [3.05, 3.63) is 54.5 Å². The first-order valence-corrected chi connectivity index (χ1v) is 11.5. The van der Waals surface area contributed by atoms with Crippen LogP contribution in [0.2, 0.25) is 0 Å². The largest absolute Gasteiger partial charge is 0.497 e. The molecule has 11 heteroatoms. The Labute approximate surface area is 187 Å². The minimum Gasteiger partial charge on any atom is -0.497 e. The molecule has 0 aliphatic carbocycles. The molecule has 0 fully saturated rings. The number of benzene rings is 1. The molecule has 0 saturated carbocycles. The predicted molar refractivity (Wildman–Crippen MR) is 116 cm³/mol. The average molecular weight is 476 g/mol. The summed E-state index contributed by atoms with van der Waals surface area (Å²) in [6.07, 6.45) is -2.06. The van der Waals surface area contributed by atoms with E-state index in [4.69, 9.17) is 4.74 Å². The van der Waals surface area contributed by atoms with Crippen LogP contribution >= 0.6 is 0 Å². The van der Waals surface area contributed by atoms with Gasteiger partial charge in [0.15, 0.2) is 15.7 Å². The van der Waals surface area contributed by atoms with Gasteiger partial charge in [0, 0.05) is 18.8 Å². The quantitative estimate of drug-likeness (QED) is 0.421. The second-order valence-electron chi connectivity index (χ2n) is 7.25. The molecule has 0 spiro atoms. The zero-order valence-electron chi connectivity index (χ0n) is 17.9. The van der Waals surface area contributed by atoms with Gasteiger partial charge in [-0.05, 0) is 29.8 Å². The molecule has 7 nitrogen and oxygen atoms in total. The van der Waals surface area contributed by atoms with Gasteiger partial charge in [-0.1, -0.05) is 19.1 Å². The Morgan fingerprint density at radius 1 is 1.03 bits per heavy atom. The summed E-state index contributed by atoms with van der Waals surface area (Å²) in [5, 5.41) is 0. The van der Waals surface area contributed by atoms with Crippen molar-refractivity contribution in [3.63, 3.8) is 0 Å². The summed E-state index contributed by atoms with van der Waals surface area (Å²) in [5.74, 6) is 0.591. The fourth-order valence-corrected chi connectivity index (χ4v) is 4.46. The van der Waals surface area contributed by atoms with E-state index in [1.807, 2.05) is 0 Å². The first-order valence-electron chi connectivity index (χ1n) is 9.82. The summed E-state index contributed by atoms with van der Waals surface area (Å²) in [6.45, 7) is 1.51. The fourth-order valence-electron chi connectivity index (χ4n) is 3.40. The van der Waals surface area contributed by atoms with Crippen LogP contribution < -0.4 is 4.74 Å². The molecule has 0 N–H and O–H groups in total. The van der Waals surface area contributed by atoms with Crippen molar-refractivity contribution in [3.8, 4) is 28.4 Å². The van der Waals surface area contributed by atoms with E-state index in [0.717, 1.165) is 17.8 Å². The Kier molecular flexibility index (Phi) is 5.61. The number of halogens is 3. The lowest BCUT2D eigenvalue weighted by Crippen LogP contribution is -2.09. The number of aryl methyl sites for hydroxylation is 1. The van der Waals surface area contributed by atoms with Crippen molar-refractivity contribution < 1.29 is 26.3 Å². The molecule has 0 radical (unpaired) electrons. The number of sulfone groups is 1. The lowest BCUT2D eigenvalue weighted by atomic mass is 10.1. The minimum atomic E-state index is -4.62. The van der Waals surface area contributed by atoms with E-state index in [9.17, 15) is 21.6 Å². The number of methoxy groups -OCH3 is 1. The van der Waals surface area contributed by atoms with E-state index in [1.165, 1.54) is 23.8 Å². The fraction of sp³-hybridized carbons (Fsp3) is 0.227. The van der Waals surface area contributed by atoms with Gasteiger partial charge in [-0.2, -0.15) is 13.2 Å². The van der Waals surface area contributed by atoms with Gasteiger partial charge in [0.25, 0.3) is 0 Å². The highest BCUT2D eigenvalue weighted by Gasteiger charge is 2.33. The summed E-state index contributed by atoms with van der Waals surface area (Å²) in [7, 11) is -0.629. The second-order valence-corrected chi connectivity index (χ2v) is 9.50. The molecule has 0 saturated heterocycles. The molecule has 1 aromatic carbocycles. The number of rotatable bonds is 5. The monoisotopic (exact) mass is 476 g/mol. The van der Waals surface area contributed by atoms with Crippen molar-refractivity contribution in [1.29, 1.82) is 0 Å². The smallest absolute Gasteiger partial charge is 0.433 e. The summed E-state index contributed by atoms with van der Waals surface area (Å²) < 4.78 is 71.7. The maximum atomic E-state index is 13.1. The van der Waals surface area contributed by atoms with Gasteiger partial charge < -0.3 is 9.30 Å². The highest BCUT2D eigenvalue weighted by atomic mass is 32.2. The SMILES string of the molecule is CCS(=O)(=O)c1cc(-c2ccc(OC)cc2)cnc1-c1nc2cc(C(F)(F)F)ncc2n1C. The van der Waals surface area contributed by atoms with Gasteiger partial charge in [-0.25, -0.2) is 18.4 Å². The van der Waals surface area contributed by atoms with Crippen LogP contribution in [0.3, 0.4) is 0 Å². The average Bonchev–Trinajstić information content (AvgIpc) is 3.14. The third-order valence-corrected chi connectivity index (χ3v) is 7.00. The van der Waals surface area contributed by atoms with Gasteiger partial charge in [0.1, 0.15) is 17.1 Å². The highest BCUT2D eigenvalue weighted by Crippen LogP contribution is 2.34. The molecule has 0 aliphatic rings. The van der Waals surface area contributed by atoms with Gasteiger partial charge in [-0.3, -0.25) is 4.98 Å². The van der Waals surface area contributed by atoms with Crippen LogP contribution in [0.25, 0.3) is 33.7 Å². The zero-order valence-corrected chi connectivity index (χ0v) is 18.7. The minimum absolute atomic E-state index is 0.0377. The normalized spacial score (nSPS) is 12.3. The van der Waals surface area contributed by atoms with Crippen LogP contribution in [0.4, 0.5) is 13.2 Å². The molecule has 172 valence electrons. The van der Waals surface area contributed by atoms with Crippen molar-refractivity contribution in [2.75, 3.05) is 12.9 Å². The molecule has 4 rings (SSSR count). The van der Waals surface area contributed by atoms with Crippen molar-refractivity contribution >= 4 is 20.9 Å². The maximum Gasteiger partial charge on any atom is 0.433 e. The number of hydrogen-bond acceptors (Lipinski definition) is 6. The Hall–Kier alpha value is -3.47. The summed E-state index contributed by atoms with van der Waals surface area (Å²) in [6, 6.07) is 9.37. The predicted octanol–water partition coefficient (Wildman–Crippen LogP) is 4.52. The molecule has 3 heterocycles. The first kappa shape index (κ1) is 22.7. The summed E-state index contributed by atoms with van der Waals surface area (Å²) in [4.78, 5) is 12.1. The Balaban J connectivity index is 1.91. The van der Waals surface area contributed by atoms with E-state index < -0.39 is 21.7 Å². The number of ether oxygens (including phenoxy) is 1. The number of pyridine rings is 2. The van der Waals surface area contributed by atoms with Crippen molar-refractivity contribution in [2.24, 2.45) is 7.05 Å². The number of aromatic nitrogens is 4. The van der Waals surface area contributed by atoms with E-state index in [-0.39, 0.29) is 27.7 Å². The van der Waals surface area contributed by atoms with Crippen molar-refractivity contribution in [1.82, 2.24) is 19.5 Å². The molecule has 3 aromatic heterocycles. The molecule has 0 aliphatic heterocycles. The number of imidazole rings is 1. The lowest BCUT2D eigenvalue weighted by Gasteiger charge is -2.11. The van der Waals surface area contributed by atoms with E-state index in [2.05, 4.69) is 15.0 Å². The maximum absolute atomic E-state index is 13.1. The van der Waals surface area contributed by atoms with Crippen LogP contribution in [0.5, 0.6) is 5.75 Å². The van der Waals surface area contributed by atoms with E-state index >= 15 is 0 Å². The Morgan fingerprint density at radius 2 is 1.73 bits per heavy atom. The third kappa shape index (κ3) is 4.15. The van der Waals surface area contributed by atoms with Crippen LogP contribution in [0.1, 0.15) is 12.6 Å². The standard InChI is InChI=1S/C22H19F3N4O3S/c1-4-33(30,31)18-9-14(13-5-7-15(32-3)8-6-13)11-27-20(18)21-28-16-10-19(22(23,24)25)26-12-17(16)29(21)2/h5-12H,4H2,1-3H3. The van der Waals surface area contributed by atoms with Gasteiger partial charge in [0.05, 0.1) is 35.0 Å². The number of nitrogens with zero attached hydrogens (tertiary/aromatic N) is 4. The number of fused-ring (bicyclic) bond motifs is 1. The Bertz CT molecular complexity index is 1450. The lowest BCUT2D eigenvalue weighted by molar-refractivity contribution is -0.141. The topological polar surface area (TPSA) is 87.0 Å². The first-order chi connectivity index (χ1) is 15.5. The molecule has 4 aromatic rings. The third-order valence-electron chi connectivity index (χ3n) is 5.26. The number of hydrogen-bond donors (Lipinski definition) is 0. The van der Waals surface area contributed by atoms with E-state index in [0.29, 0.717) is 16.8 Å². The van der Waals surface area contributed by atoms with Crippen LogP contribution in [0.15, 0.2) is 53.7 Å². The van der Waals surface area contributed by atoms with Gasteiger partial charge >= 0.3 is 6.18 Å². The second kappa shape index (κ2) is 8.14. The van der Waals surface area contributed by atoms with E-state index in [1.54, 1.807) is 38.4 Å². The van der Waals surface area contributed by atoms with Crippen molar-refractivity contribution in [2.45, 2.75) is 18.0 Å². The molecule has 0 bridgehead atoms. The van der Waals surface area contributed by atoms with Crippen LogP contribution in [-0.4, -0.2) is 40.8 Å². The Morgan fingerprint density at radius 3 is 2.33 bits per heavy atom. The van der Waals surface area contributed by atoms with Crippen LogP contribution in [0, 0.1) is 0 Å². The molecule has 0 atom stereocenters. The molecular formula is C22H19F3N4O3S.